The van der Waals surface area contributed by atoms with Crippen molar-refractivity contribution in [2.24, 2.45) is 5.41 Å². The Kier molecular flexibility index (Phi) is 4.99. The van der Waals surface area contributed by atoms with Crippen LogP contribution in [0.3, 0.4) is 0 Å². The molecule has 0 saturated heterocycles. The molecule has 0 bridgehead atoms. The molecule has 5 heteroatoms. The molecule has 4 rings (SSSR count). The number of hydrogen-bond donors (Lipinski definition) is 0. The number of amides is 2. The molecule has 1 fully saturated rings. The van der Waals surface area contributed by atoms with Gasteiger partial charge in [-0.3, -0.25) is 9.59 Å². The molecule has 0 aromatic heterocycles. The van der Waals surface area contributed by atoms with Crippen molar-refractivity contribution in [2.45, 2.75) is 44.9 Å². The first kappa shape index (κ1) is 18.4. The number of hydroxylamine groups is 2. The summed E-state index contributed by atoms with van der Waals surface area (Å²) in [5.74, 6) is -1.65. The van der Waals surface area contributed by atoms with Gasteiger partial charge in [-0.05, 0) is 48.8 Å². The quantitative estimate of drug-likeness (QED) is 0.703. The average Bonchev–Trinajstić information content (AvgIpc) is 3.27. The molecule has 1 aliphatic heterocycles. The fraction of sp³-hybridized carbons (Fsp3) is 0.348. The van der Waals surface area contributed by atoms with Gasteiger partial charge < -0.3 is 4.84 Å². The summed E-state index contributed by atoms with van der Waals surface area (Å²) in [5, 5.41) is 0.618. The van der Waals surface area contributed by atoms with Gasteiger partial charge in [0.1, 0.15) is 0 Å². The maximum atomic E-state index is 12.6. The van der Waals surface area contributed by atoms with Crippen LogP contribution >= 0.6 is 0 Å². The van der Waals surface area contributed by atoms with Crippen molar-refractivity contribution in [3.05, 3.63) is 71.3 Å². The Hall–Kier alpha value is -2.95. The zero-order valence-corrected chi connectivity index (χ0v) is 15.7. The third-order valence-electron chi connectivity index (χ3n) is 5.92. The van der Waals surface area contributed by atoms with Gasteiger partial charge in [0, 0.05) is 0 Å². The molecule has 0 unspecified atom stereocenters. The second kappa shape index (κ2) is 7.58. The molecule has 0 radical (unpaired) electrons. The van der Waals surface area contributed by atoms with Crippen molar-refractivity contribution < 1.29 is 19.2 Å². The highest BCUT2D eigenvalue weighted by atomic mass is 16.7. The molecule has 0 N–H and O–H groups in total. The van der Waals surface area contributed by atoms with Crippen LogP contribution in [0.2, 0.25) is 0 Å². The van der Waals surface area contributed by atoms with Crippen molar-refractivity contribution >= 4 is 17.8 Å². The van der Waals surface area contributed by atoms with Crippen molar-refractivity contribution in [1.29, 1.82) is 0 Å². The first-order valence-corrected chi connectivity index (χ1v) is 9.81. The van der Waals surface area contributed by atoms with E-state index in [0.29, 0.717) is 5.06 Å². The fourth-order valence-corrected chi connectivity index (χ4v) is 4.38. The first-order valence-electron chi connectivity index (χ1n) is 9.81. The Morgan fingerprint density at radius 1 is 0.893 bits per heavy atom. The number of carbonyl (C=O) groups is 3. The van der Waals surface area contributed by atoms with Crippen LogP contribution in [-0.2, 0) is 16.1 Å². The summed E-state index contributed by atoms with van der Waals surface area (Å²) in [4.78, 5) is 42.7. The second-order valence-corrected chi connectivity index (χ2v) is 7.78. The minimum atomic E-state index is -0.571. The van der Waals surface area contributed by atoms with Crippen LogP contribution in [0.25, 0.3) is 0 Å². The lowest BCUT2D eigenvalue weighted by molar-refractivity contribution is -0.171. The number of aryl methyl sites for hydroxylation is 1. The van der Waals surface area contributed by atoms with Gasteiger partial charge in [0.15, 0.2) is 0 Å². The van der Waals surface area contributed by atoms with E-state index in [-0.39, 0.29) is 23.0 Å². The highest BCUT2D eigenvalue weighted by Crippen LogP contribution is 2.45. The number of carbonyl (C=O) groups excluding carboxylic acids is 3. The molecule has 1 heterocycles. The molecule has 2 amide bonds. The molecule has 2 aromatic carbocycles. The topological polar surface area (TPSA) is 63.7 Å². The molecule has 1 aliphatic carbocycles. The highest BCUT2D eigenvalue weighted by Gasteiger charge is 2.41. The normalized spacial score (nSPS) is 17.6. The van der Waals surface area contributed by atoms with Crippen molar-refractivity contribution in [3.63, 3.8) is 0 Å². The van der Waals surface area contributed by atoms with Crippen LogP contribution in [-0.4, -0.2) is 22.8 Å². The summed E-state index contributed by atoms with van der Waals surface area (Å²) in [6.45, 7) is 0. The third-order valence-corrected chi connectivity index (χ3v) is 5.92. The van der Waals surface area contributed by atoms with E-state index in [9.17, 15) is 14.4 Å². The van der Waals surface area contributed by atoms with Gasteiger partial charge in [0.05, 0.1) is 17.5 Å². The van der Waals surface area contributed by atoms with Gasteiger partial charge in [-0.2, -0.15) is 0 Å². The van der Waals surface area contributed by atoms with Gasteiger partial charge in [-0.25, -0.2) is 4.79 Å². The number of rotatable bonds is 6. The second-order valence-electron chi connectivity index (χ2n) is 7.78. The molecule has 28 heavy (non-hydrogen) atoms. The molecule has 144 valence electrons. The summed E-state index contributed by atoms with van der Waals surface area (Å²) in [7, 11) is 0. The first-order chi connectivity index (χ1) is 13.6. The summed E-state index contributed by atoms with van der Waals surface area (Å²) < 4.78 is 0. The summed E-state index contributed by atoms with van der Waals surface area (Å²) in [6, 6.07) is 16.7. The maximum Gasteiger partial charge on any atom is 0.333 e. The lowest BCUT2D eigenvalue weighted by atomic mass is 9.77. The van der Waals surface area contributed by atoms with E-state index >= 15 is 0 Å². The zero-order chi connectivity index (χ0) is 19.6. The predicted molar refractivity (Wildman–Crippen MR) is 103 cm³/mol. The van der Waals surface area contributed by atoms with Gasteiger partial charge in [-0.15, -0.1) is 0 Å². The molecule has 2 aliphatic rings. The van der Waals surface area contributed by atoms with Crippen molar-refractivity contribution in [2.75, 3.05) is 0 Å². The Bertz CT molecular complexity index is 865. The standard InChI is InChI=1S/C23H23NO4/c25-20(28-24-21(26)18-10-4-5-11-19(18)22(24)27)16-23(13-6-7-14-23)15-12-17-8-2-1-3-9-17/h1-5,8-11H,6-7,12-16H2. The molecule has 1 saturated carbocycles. The minimum absolute atomic E-state index is 0.119. The monoisotopic (exact) mass is 377 g/mol. The largest absolute Gasteiger partial charge is 0.333 e. The van der Waals surface area contributed by atoms with Crippen molar-refractivity contribution in [1.82, 2.24) is 5.06 Å². The molecular formula is C23H23NO4. The smallest absolute Gasteiger partial charge is 0.330 e. The molecule has 5 nitrogen and oxygen atoms in total. The van der Waals surface area contributed by atoms with Crippen LogP contribution in [0.1, 0.15) is 64.8 Å². The van der Waals surface area contributed by atoms with Crippen LogP contribution in [0.5, 0.6) is 0 Å². The summed E-state index contributed by atoms with van der Waals surface area (Å²) >= 11 is 0. The number of fused-ring (bicyclic) bond motifs is 1. The fourth-order valence-electron chi connectivity index (χ4n) is 4.38. The SMILES string of the molecule is O=C(CC1(CCc2ccccc2)CCCC1)ON1C(=O)c2ccccc2C1=O. The van der Waals surface area contributed by atoms with Gasteiger partial charge in [0.25, 0.3) is 11.8 Å². The van der Waals surface area contributed by atoms with E-state index in [1.807, 2.05) is 18.2 Å². The van der Waals surface area contributed by atoms with E-state index in [1.165, 1.54) is 5.56 Å². The zero-order valence-electron chi connectivity index (χ0n) is 15.7. The number of imide groups is 1. The number of benzene rings is 2. The molecule has 0 spiro atoms. The Balaban J connectivity index is 1.42. The Morgan fingerprint density at radius 3 is 2.07 bits per heavy atom. The van der Waals surface area contributed by atoms with E-state index in [2.05, 4.69) is 12.1 Å². The Morgan fingerprint density at radius 2 is 1.46 bits per heavy atom. The minimum Gasteiger partial charge on any atom is -0.330 e. The summed E-state index contributed by atoms with van der Waals surface area (Å²) in [6.07, 6.45) is 6.15. The van der Waals surface area contributed by atoms with E-state index < -0.39 is 17.8 Å². The average molecular weight is 377 g/mol. The number of nitrogens with zero attached hydrogens (tertiary/aromatic N) is 1. The van der Waals surface area contributed by atoms with Crippen LogP contribution in [0, 0.1) is 5.41 Å². The van der Waals surface area contributed by atoms with Crippen molar-refractivity contribution in [3.8, 4) is 0 Å². The van der Waals surface area contributed by atoms with Gasteiger partial charge in [-0.1, -0.05) is 60.4 Å². The molecule has 0 atom stereocenters. The lowest BCUT2D eigenvalue weighted by Crippen LogP contribution is -2.34. The predicted octanol–water partition coefficient (Wildman–Crippen LogP) is 4.32. The highest BCUT2D eigenvalue weighted by molar-refractivity contribution is 6.20. The van der Waals surface area contributed by atoms with E-state index in [0.717, 1.165) is 38.5 Å². The lowest BCUT2D eigenvalue weighted by Gasteiger charge is -2.28. The Labute approximate surface area is 164 Å². The van der Waals surface area contributed by atoms with Crippen LogP contribution < -0.4 is 0 Å². The van der Waals surface area contributed by atoms with Gasteiger partial charge in [0.2, 0.25) is 0 Å². The van der Waals surface area contributed by atoms with Crippen LogP contribution in [0.4, 0.5) is 0 Å². The maximum absolute atomic E-state index is 12.6. The van der Waals surface area contributed by atoms with Crippen LogP contribution in [0.15, 0.2) is 54.6 Å². The molecule has 2 aromatic rings. The van der Waals surface area contributed by atoms with E-state index in [4.69, 9.17) is 4.84 Å². The molecular weight excluding hydrogens is 354 g/mol. The van der Waals surface area contributed by atoms with Gasteiger partial charge >= 0.3 is 5.97 Å². The number of hydrogen-bond acceptors (Lipinski definition) is 4. The third kappa shape index (κ3) is 3.57. The summed E-state index contributed by atoms with van der Waals surface area (Å²) in [5.41, 5.74) is 1.69. The van der Waals surface area contributed by atoms with E-state index in [1.54, 1.807) is 24.3 Å².